The second-order valence-electron chi connectivity index (χ2n) is 10.1. The van der Waals surface area contributed by atoms with E-state index in [9.17, 15) is 4.79 Å². The van der Waals surface area contributed by atoms with Gasteiger partial charge in [0.05, 0.1) is 17.6 Å². The first-order valence-corrected chi connectivity index (χ1v) is 13.7. The predicted octanol–water partition coefficient (Wildman–Crippen LogP) is 4.50. The summed E-state index contributed by atoms with van der Waals surface area (Å²) in [7, 11) is -0.560. The summed E-state index contributed by atoms with van der Waals surface area (Å²) < 4.78 is 13.8. The molecule has 0 spiro atoms. The molecule has 3 heterocycles. The van der Waals surface area contributed by atoms with Crippen LogP contribution in [0.15, 0.2) is 24.4 Å². The van der Waals surface area contributed by atoms with Gasteiger partial charge < -0.3 is 18.9 Å². The second kappa shape index (κ2) is 9.18. The van der Waals surface area contributed by atoms with Crippen LogP contribution in [0.3, 0.4) is 0 Å². The molecule has 1 atom stereocenters. The van der Waals surface area contributed by atoms with E-state index in [4.69, 9.17) is 9.47 Å². The summed E-state index contributed by atoms with van der Waals surface area (Å²) in [6.45, 7) is 8.53. The van der Waals surface area contributed by atoms with Gasteiger partial charge in [0, 0.05) is 30.7 Å². The Balaban J connectivity index is 1.66. The van der Waals surface area contributed by atoms with Crippen molar-refractivity contribution in [3.63, 3.8) is 0 Å². The van der Waals surface area contributed by atoms with Crippen LogP contribution < -0.4 is 0 Å². The highest BCUT2D eigenvalue weighted by Crippen LogP contribution is 2.33. The van der Waals surface area contributed by atoms with Gasteiger partial charge in [0.2, 0.25) is 0 Å². The third kappa shape index (κ3) is 6.38. The molecule has 2 aromatic heterocycles. The highest BCUT2D eigenvalue weighted by molar-refractivity contribution is 8.32. The number of fused-ring (bicyclic) bond motifs is 1. The average molecular weight is 436 g/mol. The molecule has 0 aliphatic carbocycles. The minimum atomic E-state index is -0.560. The van der Waals surface area contributed by atoms with E-state index in [1.54, 1.807) is 0 Å². The molecular formula is C23H37N3O3S. The molecule has 1 saturated heterocycles. The zero-order valence-corrected chi connectivity index (χ0v) is 20.1. The van der Waals surface area contributed by atoms with Crippen molar-refractivity contribution in [3.05, 3.63) is 30.1 Å². The van der Waals surface area contributed by atoms with Crippen molar-refractivity contribution in [1.29, 1.82) is 0 Å². The molecule has 3 rings (SSSR count). The summed E-state index contributed by atoms with van der Waals surface area (Å²) in [6.07, 6.45) is 10.5. The summed E-state index contributed by atoms with van der Waals surface area (Å²) in [5, 5.41) is 0. The van der Waals surface area contributed by atoms with Gasteiger partial charge >= 0.3 is 6.09 Å². The van der Waals surface area contributed by atoms with Crippen LogP contribution >= 0.6 is 10.0 Å². The van der Waals surface area contributed by atoms with Gasteiger partial charge in [-0.1, -0.05) is 0 Å². The highest BCUT2D eigenvalue weighted by Gasteiger charge is 2.30. The number of hydrogen-bond acceptors (Lipinski definition) is 4. The molecule has 2 aromatic rings. The van der Waals surface area contributed by atoms with E-state index in [1.807, 2.05) is 37.9 Å². The molecule has 0 saturated carbocycles. The van der Waals surface area contributed by atoms with E-state index in [0.29, 0.717) is 12.6 Å². The van der Waals surface area contributed by atoms with Crippen molar-refractivity contribution in [2.24, 2.45) is 5.92 Å². The van der Waals surface area contributed by atoms with Crippen molar-refractivity contribution in [2.45, 2.75) is 45.9 Å². The van der Waals surface area contributed by atoms with Gasteiger partial charge in [-0.3, -0.25) is 4.98 Å². The average Bonchev–Trinajstić information content (AvgIpc) is 3.21. The number of likely N-dealkylation sites (tertiary alicyclic amines) is 1. The number of nitrogens with zero attached hydrogens (tertiary/aromatic N) is 3. The van der Waals surface area contributed by atoms with Gasteiger partial charge in [-0.15, -0.1) is 0 Å². The number of amides is 1. The molecule has 0 N–H and O–H groups in total. The van der Waals surface area contributed by atoms with Crippen molar-refractivity contribution in [1.82, 2.24) is 14.5 Å². The van der Waals surface area contributed by atoms with Gasteiger partial charge in [0.15, 0.2) is 0 Å². The Bertz CT molecular complexity index is 867. The molecule has 1 aliphatic heterocycles. The van der Waals surface area contributed by atoms with E-state index in [1.165, 1.54) is 5.69 Å². The molecule has 30 heavy (non-hydrogen) atoms. The largest absolute Gasteiger partial charge is 0.444 e. The summed E-state index contributed by atoms with van der Waals surface area (Å²) in [4.78, 5) is 18.8. The number of hydrogen-bond donors (Lipinski definition) is 0. The van der Waals surface area contributed by atoms with Crippen molar-refractivity contribution in [2.75, 3.05) is 44.2 Å². The monoisotopic (exact) mass is 435 g/mol. The molecule has 0 aromatic carbocycles. The smallest absolute Gasteiger partial charge is 0.410 e. The summed E-state index contributed by atoms with van der Waals surface area (Å²) >= 11 is 0. The number of carbonyl (C=O) groups is 1. The maximum absolute atomic E-state index is 12.4. The molecule has 1 amide bonds. The number of ether oxygens (including phenoxy) is 2. The molecule has 6 nitrogen and oxygen atoms in total. The van der Waals surface area contributed by atoms with Crippen LogP contribution in [0.25, 0.3) is 11.0 Å². The minimum absolute atomic E-state index is 0.208. The Morgan fingerprint density at radius 1 is 1.30 bits per heavy atom. The molecule has 1 unspecified atom stereocenters. The fraction of sp³-hybridized carbons (Fsp3) is 0.652. The maximum atomic E-state index is 12.4. The van der Waals surface area contributed by atoms with Crippen LogP contribution in [-0.4, -0.2) is 70.4 Å². The summed E-state index contributed by atoms with van der Waals surface area (Å²) in [6, 6.07) is 6.25. The fourth-order valence-electron chi connectivity index (χ4n) is 3.71. The molecule has 0 radical (unpaired) electrons. The van der Waals surface area contributed by atoms with Gasteiger partial charge in [0.25, 0.3) is 0 Å². The van der Waals surface area contributed by atoms with Crippen molar-refractivity contribution in [3.8, 4) is 0 Å². The number of rotatable bonds is 7. The van der Waals surface area contributed by atoms with Gasteiger partial charge in [0.1, 0.15) is 12.3 Å². The maximum Gasteiger partial charge on any atom is 0.410 e. The molecule has 0 bridgehead atoms. The number of carbonyl (C=O) groups excluding carboxylic acids is 1. The molecule has 168 valence electrons. The highest BCUT2D eigenvalue weighted by atomic mass is 32.3. The Morgan fingerprint density at radius 3 is 2.77 bits per heavy atom. The van der Waals surface area contributed by atoms with Crippen LogP contribution in [0.4, 0.5) is 4.79 Å². The zero-order valence-electron chi connectivity index (χ0n) is 19.3. The lowest BCUT2D eigenvalue weighted by Crippen LogP contribution is -2.35. The van der Waals surface area contributed by atoms with E-state index < -0.39 is 15.6 Å². The zero-order chi connectivity index (χ0) is 21.9. The summed E-state index contributed by atoms with van der Waals surface area (Å²) in [5.41, 5.74) is 2.87. The van der Waals surface area contributed by atoms with Crippen LogP contribution in [0, 0.1) is 5.92 Å². The first-order chi connectivity index (χ1) is 14.0. The first-order valence-electron chi connectivity index (χ1n) is 10.7. The third-order valence-corrected chi connectivity index (χ3v) is 6.64. The molecular weight excluding hydrogens is 398 g/mol. The molecule has 7 heteroatoms. The predicted molar refractivity (Wildman–Crippen MR) is 126 cm³/mol. The van der Waals surface area contributed by atoms with E-state index >= 15 is 0 Å². The van der Waals surface area contributed by atoms with Crippen LogP contribution in [0.2, 0.25) is 0 Å². The Labute approximate surface area is 182 Å². The van der Waals surface area contributed by atoms with Gasteiger partial charge in [-0.2, -0.15) is 0 Å². The number of pyridine rings is 1. The van der Waals surface area contributed by atoms with Crippen LogP contribution in [0.5, 0.6) is 0 Å². The standard InChI is InChI=1S/C23H37N3O3S/c1-23(2,3)29-22(27)25-11-9-18(16-25)14-19-15-20-21(8-7-10-24-20)26(19)17-28-12-13-30(4,5)6/h7-8,10,15,18H,9,11-14,16-17H2,1-6H3. The van der Waals surface area contributed by atoms with Crippen LogP contribution in [0.1, 0.15) is 32.9 Å². The topological polar surface area (TPSA) is 56.6 Å². The van der Waals surface area contributed by atoms with E-state index in [2.05, 4.69) is 40.5 Å². The quantitative estimate of drug-likeness (QED) is 0.601. The Morgan fingerprint density at radius 2 is 2.07 bits per heavy atom. The SMILES string of the molecule is CC(C)(C)OC(=O)N1CCC(Cc2cc3ncccc3n2COCCS(C)(C)C)C1. The third-order valence-electron chi connectivity index (χ3n) is 5.25. The second-order valence-corrected chi connectivity index (χ2v) is 14.7. The van der Waals surface area contributed by atoms with E-state index in [0.717, 1.165) is 49.3 Å². The van der Waals surface area contributed by atoms with E-state index in [-0.39, 0.29) is 6.09 Å². The molecule has 1 aliphatic rings. The minimum Gasteiger partial charge on any atom is -0.444 e. The van der Waals surface area contributed by atoms with Gasteiger partial charge in [-0.05, 0) is 76.5 Å². The fourth-order valence-corrected chi connectivity index (χ4v) is 4.33. The van der Waals surface area contributed by atoms with Gasteiger partial charge in [-0.25, -0.2) is 14.8 Å². The van der Waals surface area contributed by atoms with Crippen LogP contribution in [-0.2, 0) is 22.6 Å². The molecule has 1 fully saturated rings. The lowest BCUT2D eigenvalue weighted by atomic mass is 10.0. The lowest BCUT2D eigenvalue weighted by molar-refractivity contribution is 0.0287. The van der Waals surface area contributed by atoms with Crippen molar-refractivity contribution < 1.29 is 14.3 Å². The summed E-state index contributed by atoms with van der Waals surface area (Å²) in [5.74, 6) is 1.52. The lowest BCUT2D eigenvalue weighted by Gasteiger charge is -2.25. The first kappa shape index (κ1) is 22.9. The number of aromatic nitrogens is 2. The Hall–Kier alpha value is -1.73. The Kier molecular flexibility index (Phi) is 7.02. The normalized spacial score (nSPS) is 18.2. The van der Waals surface area contributed by atoms with Crippen molar-refractivity contribution >= 4 is 27.2 Å².